The van der Waals surface area contributed by atoms with E-state index >= 15 is 0 Å². The Kier molecular flexibility index (Phi) is 4.59. The molecule has 0 saturated carbocycles. The molecule has 0 radical (unpaired) electrons. The van der Waals surface area contributed by atoms with Crippen LogP contribution in [0, 0.1) is 0 Å². The van der Waals surface area contributed by atoms with Gasteiger partial charge in [-0.25, -0.2) is 9.59 Å². The van der Waals surface area contributed by atoms with Crippen molar-refractivity contribution in [3.8, 4) is 0 Å². The molecule has 1 N–H and O–H groups in total. The second-order valence-electron chi connectivity index (χ2n) is 2.09. The minimum Gasteiger partial charge on any atom is -0.450 e. The third kappa shape index (κ3) is 6.66. The summed E-state index contributed by atoms with van der Waals surface area (Å²) in [5.74, 6) is 0. The van der Waals surface area contributed by atoms with Crippen molar-refractivity contribution in [2.45, 2.75) is 20.0 Å². The van der Waals surface area contributed by atoms with E-state index in [0.717, 1.165) is 0 Å². The van der Waals surface area contributed by atoms with Gasteiger partial charge in [0.15, 0.2) is 0 Å². The van der Waals surface area contributed by atoms with Gasteiger partial charge in [0.1, 0.15) is 0 Å². The zero-order valence-corrected chi connectivity index (χ0v) is 6.77. The van der Waals surface area contributed by atoms with Gasteiger partial charge in [0.25, 0.3) is 0 Å². The molecule has 0 spiro atoms. The summed E-state index contributed by atoms with van der Waals surface area (Å²) < 4.78 is 12.6. The number of carbonyl (C=O) groups is 2. The van der Waals surface area contributed by atoms with Gasteiger partial charge in [-0.05, 0) is 13.8 Å². The Morgan fingerprint density at radius 1 is 1.33 bits per heavy atom. The molecular formula is C6H10O6. The highest BCUT2D eigenvalue weighted by Gasteiger charge is 2.06. The van der Waals surface area contributed by atoms with E-state index in [1.54, 1.807) is 13.8 Å². The van der Waals surface area contributed by atoms with E-state index in [9.17, 15) is 9.59 Å². The lowest BCUT2D eigenvalue weighted by molar-refractivity contribution is -0.0362. The molecule has 0 aliphatic heterocycles. The molecule has 0 saturated heterocycles. The van der Waals surface area contributed by atoms with Crippen molar-refractivity contribution in [2.75, 3.05) is 6.79 Å². The van der Waals surface area contributed by atoms with Gasteiger partial charge in [-0.15, -0.1) is 0 Å². The fourth-order valence-electron chi connectivity index (χ4n) is 0.354. The van der Waals surface area contributed by atoms with Crippen LogP contribution in [0.1, 0.15) is 13.8 Å². The summed E-state index contributed by atoms with van der Waals surface area (Å²) in [6.07, 6.45) is -2.76. The first-order valence-electron chi connectivity index (χ1n) is 3.21. The Bertz CT molecular complexity index is 163. The van der Waals surface area contributed by atoms with Crippen molar-refractivity contribution < 1.29 is 28.9 Å². The van der Waals surface area contributed by atoms with Crippen LogP contribution in [0.15, 0.2) is 0 Å². The second kappa shape index (κ2) is 5.22. The zero-order valence-electron chi connectivity index (χ0n) is 6.77. The van der Waals surface area contributed by atoms with Crippen molar-refractivity contribution in [3.63, 3.8) is 0 Å². The summed E-state index contributed by atoms with van der Waals surface area (Å²) >= 11 is 0. The predicted octanol–water partition coefficient (Wildman–Crippen LogP) is 1.20. The first kappa shape index (κ1) is 10.5. The average molecular weight is 178 g/mol. The number of hydrogen-bond donors (Lipinski definition) is 1. The SMILES string of the molecule is CC(C)OC(=O)OCOC(=O)O. The minimum absolute atomic E-state index is 0.303. The molecule has 0 rings (SSSR count). The van der Waals surface area contributed by atoms with E-state index in [1.807, 2.05) is 0 Å². The predicted molar refractivity (Wildman–Crippen MR) is 36.7 cm³/mol. The van der Waals surface area contributed by atoms with Crippen LogP contribution in [-0.2, 0) is 14.2 Å². The maximum Gasteiger partial charge on any atom is 0.511 e. The minimum atomic E-state index is -1.51. The molecule has 0 aliphatic rings. The molecule has 12 heavy (non-hydrogen) atoms. The Hall–Kier alpha value is -1.46. The van der Waals surface area contributed by atoms with E-state index < -0.39 is 19.1 Å². The summed E-state index contributed by atoms with van der Waals surface area (Å²) in [7, 11) is 0. The normalized spacial score (nSPS) is 9.25. The van der Waals surface area contributed by atoms with Gasteiger partial charge in [0.05, 0.1) is 6.10 Å². The Labute approximate surface area is 69.0 Å². The number of rotatable bonds is 3. The highest BCUT2D eigenvalue weighted by atomic mass is 16.8. The monoisotopic (exact) mass is 178 g/mol. The van der Waals surface area contributed by atoms with Crippen LogP contribution in [-0.4, -0.2) is 30.3 Å². The standard InChI is InChI=1S/C6H10O6/c1-4(2)12-6(9)11-3-10-5(7)8/h4H,3H2,1-2H3,(H,7,8). The van der Waals surface area contributed by atoms with E-state index in [-0.39, 0.29) is 6.10 Å². The van der Waals surface area contributed by atoms with E-state index in [0.29, 0.717) is 0 Å². The lowest BCUT2D eigenvalue weighted by Crippen LogP contribution is -2.16. The summed E-state index contributed by atoms with van der Waals surface area (Å²) in [5.41, 5.74) is 0. The molecule has 0 heterocycles. The van der Waals surface area contributed by atoms with Crippen LogP contribution in [0.2, 0.25) is 0 Å². The van der Waals surface area contributed by atoms with E-state index in [1.165, 1.54) is 0 Å². The third-order valence-corrected chi connectivity index (χ3v) is 0.691. The van der Waals surface area contributed by atoms with Crippen LogP contribution in [0.5, 0.6) is 0 Å². The third-order valence-electron chi connectivity index (χ3n) is 0.691. The van der Waals surface area contributed by atoms with Crippen LogP contribution < -0.4 is 0 Å². The Morgan fingerprint density at radius 2 is 1.92 bits per heavy atom. The first-order chi connectivity index (χ1) is 5.52. The number of ether oxygens (including phenoxy) is 3. The maximum atomic E-state index is 10.5. The summed E-state index contributed by atoms with van der Waals surface area (Å²) in [6, 6.07) is 0. The lowest BCUT2D eigenvalue weighted by atomic mass is 10.5. The van der Waals surface area contributed by atoms with Crippen LogP contribution >= 0.6 is 0 Å². The molecule has 0 fully saturated rings. The first-order valence-corrected chi connectivity index (χ1v) is 3.21. The van der Waals surface area contributed by atoms with Crippen LogP contribution in [0.4, 0.5) is 9.59 Å². The number of hydrogen-bond acceptors (Lipinski definition) is 5. The zero-order chi connectivity index (χ0) is 9.56. The highest BCUT2D eigenvalue weighted by molar-refractivity contribution is 5.60. The van der Waals surface area contributed by atoms with Crippen LogP contribution in [0.25, 0.3) is 0 Å². The Balaban J connectivity index is 3.38. The molecule has 6 heteroatoms. The molecule has 0 aromatic heterocycles. The van der Waals surface area contributed by atoms with E-state index in [4.69, 9.17) is 5.11 Å². The lowest BCUT2D eigenvalue weighted by Gasteiger charge is -2.07. The molecular weight excluding hydrogens is 168 g/mol. The van der Waals surface area contributed by atoms with Gasteiger partial charge in [-0.1, -0.05) is 0 Å². The Morgan fingerprint density at radius 3 is 2.33 bits per heavy atom. The van der Waals surface area contributed by atoms with Gasteiger partial charge in [0.2, 0.25) is 6.79 Å². The molecule has 0 unspecified atom stereocenters. The maximum absolute atomic E-state index is 10.5. The van der Waals surface area contributed by atoms with Crippen molar-refractivity contribution in [1.29, 1.82) is 0 Å². The van der Waals surface area contributed by atoms with Gasteiger partial charge in [0, 0.05) is 0 Å². The van der Waals surface area contributed by atoms with E-state index in [2.05, 4.69) is 14.2 Å². The van der Waals surface area contributed by atoms with Crippen molar-refractivity contribution in [3.05, 3.63) is 0 Å². The summed E-state index contributed by atoms with van der Waals surface area (Å²) in [6.45, 7) is 2.62. The highest BCUT2D eigenvalue weighted by Crippen LogP contribution is 1.92. The molecule has 0 aliphatic carbocycles. The summed E-state index contributed by atoms with van der Waals surface area (Å²) in [5, 5.41) is 7.95. The molecule has 0 bridgehead atoms. The largest absolute Gasteiger partial charge is 0.511 e. The van der Waals surface area contributed by atoms with Gasteiger partial charge in [-0.3, -0.25) is 0 Å². The van der Waals surface area contributed by atoms with Gasteiger partial charge in [-0.2, -0.15) is 0 Å². The average Bonchev–Trinajstić information content (AvgIpc) is 1.84. The molecule has 6 nitrogen and oxygen atoms in total. The topological polar surface area (TPSA) is 82.1 Å². The molecule has 70 valence electrons. The van der Waals surface area contributed by atoms with Gasteiger partial charge < -0.3 is 19.3 Å². The number of carbonyl (C=O) groups excluding carboxylic acids is 1. The van der Waals surface area contributed by atoms with Crippen molar-refractivity contribution >= 4 is 12.3 Å². The fourth-order valence-corrected chi connectivity index (χ4v) is 0.354. The number of carboxylic acid groups (broad SMARTS) is 1. The van der Waals surface area contributed by atoms with Crippen LogP contribution in [0.3, 0.4) is 0 Å². The van der Waals surface area contributed by atoms with Gasteiger partial charge >= 0.3 is 12.3 Å². The quantitative estimate of drug-likeness (QED) is 0.516. The smallest absolute Gasteiger partial charge is 0.450 e. The van der Waals surface area contributed by atoms with Crippen molar-refractivity contribution in [1.82, 2.24) is 0 Å². The second-order valence-corrected chi connectivity index (χ2v) is 2.09. The molecule has 0 amide bonds. The molecule has 0 atom stereocenters. The fraction of sp³-hybridized carbons (Fsp3) is 0.667. The van der Waals surface area contributed by atoms with Crippen molar-refractivity contribution in [2.24, 2.45) is 0 Å². The summed E-state index contributed by atoms with van der Waals surface area (Å²) in [4.78, 5) is 20.3. The molecule has 0 aromatic rings. The molecule has 0 aromatic carbocycles.